The molecule has 0 radical (unpaired) electrons. The van der Waals surface area contributed by atoms with Gasteiger partial charge >= 0.3 is 0 Å². The molecule has 0 atom stereocenters. The van der Waals surface area contributed by atoms with Crippen molar-refractivity contribution in [2.45, 2.75) is 0 Å². The van der Waals surface area contributed by atoms with E-state index >= 15 is 0 Å². The van der Waals surface area contributed by atoms with Crippen LogP contribution in [0.25, 0.3) is 0 Å². The second-order valence-corrected chi connectivity index (χ2v) is 1.85. The zero-order chi connectivity index (χ0) is 6.69. The molecule has 0 saturated heterocycles. The third kappa shape index (κ3) is 1.17. The van der Waals surface area contributed by atoms with E-state index in [1.807, 2.05) is 24.3 Å². The normalized spacial score (nSPS) is 21.4. The van der Waals surface area contributed by atoms with Gasteiger partial charge < -0.3 is 0 Å². The van der Waals surface area contributed by atoms with E-state index in [1.165, 1.54) is 0 Å². The lowest BCUT2D eigenvalue weighted by atomic mass is 10.1. The zero-order valence-electron chi connectivity index (χ0n) is 5.46. The molecule has 0 unspecified atom stereocenters. The van der Waals surface area contributed by atoms with Gasteiger partial charge in [-0.05, 0) is 11.6 Å². The number of hydrogen-bond acceptors (Lipinski definition) is 1. The van der Waals surface area contributed by atoms with Gasteiger partial charge in [-0.25, -0.2) is 0 Å². The van der Waals surface area contributed by atoms with Gasteiger partial charge in [0.2, 0.25) is 0 Å². The van der Waals surface area contributed by atoms with Crippen molar-refractivity contribution in [3.05, 3.63) is 36.5 Å². The van der Waals surface area contributed by atoms with Gasteiger partial charge in [-0.15, -0.1) is 0 Å². The van der Waals surface area contributed by atoms with E-state index in [0.717, 1.165) is 11.3 Å². The van der Waals surface area contributed by atoms with Crippen molar-refractivity contribution < 1.29 is 0 Å². The molecular weight excluding hydrogens is 110 g/mol. The highest BCUT2D eigenvalue weighted by Crippen LogP contribution is 2.04. The molecule has 0 aliphatic heterocycles. The van der Waals surface area contributed by atoms with Crippen LogP contribution in [0, 0.1) is 0 Å². The number of allylic oxidation sites excluding steroid dienone is 5. The second kappa shape index (κ2) is 2.44. The van der Waals surface area contributed by atoms with Gasteiger partial charge in [0, 0.05) is 7.05 Å². The Bertz CT molecular complexity index is 207. The van der Waals surface area contributed by atoms with Crippen LogP contribution in [-0.2, 0) is 0 Å². The molecule has 9 heavy (non-hydrogen) atoms. The lowest BCUT2D eigenvalue weighted by Gasteiger charge is -2.00. The third-order valence-corrected chi connectivity index (χ3v) is 1.23. The second-order valence-electron chi connectivity index (χ2n) is 1.85. The van der Waals surface area contributed by atoms with Crippen molar-refractivity contribution in [1.82, 2.24) is 0 Å². The fourth-order valence-electron chi connectivity index (χ4n) is 0.729. The minimum Gasteiger partial charge on any atom is -0.288 e. The zero-order valence-corrected chi connectivity index (χ0v) is 5.46. The van der Waals surface area contributed by atoms with Gasteiger partial charge in [-0.1, -0.05) is 24.8 Å². The summed E-state index contributed by atoms with van der Waals surface area (Å²) in [6, 6.07) is 0. The van der Waals surface area contributed by atoms with Gasteiger partial charge in [0.15, 0.2) is 0 Å². The Balaban J connectivity index is 2.91. The predicted octanol–water partition coefficient (Wildman–Crippen LogP) is 1.74. The van der Waals surface area contributed by atoms with Gasteiger partial charge in [0.25, 0.3) is 0 Å². The average molecular weight is 119 g/mol. The molecule has 1 nitrogen and oxygen atoms in total. The van der Waals surface area contributed by atoms with Crippen molar-refractivity contribution in [3.8, 4) is 0 Å². The Labute approximate surface area is 55.1 Å². The molecule has 1 rings (SSSR count). The number of hydrogen-bond donors (Lipinski definition) is 0. The lowest BCUT2D eigenvalue weighted by molar-refractivity contribution is 1.44. The molecule has 0 aromatic rings. The maximum absolute atomic E-state index is 4.01. The van der Waals surface area contributed by atoms with Gasteiger partial charge in [-0.3, -0.25) is 4.99 Å². The Hall–Kier alpha value is -1.11. The van der Waals surface area contributed by atoms with E-state index in [0.29, 0.717) is 0 Å². The van der Waals surface area contributed by atoms with Gasteiger partial charge in [0.1, 0.15) is 0 Å². The quantitative estimate of drug-likeness (QED) is 0.460. The molecule has 0 heterocycles. The topological polar surface area (TPSA) is 12.4 Å². The SMILES string of the molecule is C=C1C=CC=CC1=NC. The molecular formula is C8H9N. The fraction of sp³-hybridized carbons (Fsp3) is 0.125. The largest absolute Gasteiger partial charge is 0.288 e. The summed E-state index contributed by atoms with van der Waals surface area (Å²) in [6.45, 7) is 3.80. The summed E-state index contributed by atoms with van der Waals surface area (Å²) in [4.78, 5) is 4.01. The van der Waals surface area contributed by atoms with Crippen molar-refractivity contribution in [2.75, 3.05) is 7.05 Å². The molecule has 1 heteroatoms. The number of nitrogens with zero attached hydrogens (tertiary/aromatic N) is 1. The molecule has 1 aliphatic rings. The van der Waals surface area contributed by atoms with E-state index < -0.39 is 0 Å². The van der Waals surface area contributed by atoms with Crippen LogP contribution in [0.2, 0.25) is 0 Å². The minimum atomic E-state index is 0.970. The van der Waals surface area contributed by atoms with E-state index in [1.54, 1.807) is 7.05 Å². The first-order valence-electron chi connectivity index (χ1n) is 2.85. The smallest absolute Gasteiger partial charge is 0.0637 e. The summed E-state index contributed by atoms with van der Waals surface area (Å²) in [6.07, 6.45) is 7.80. The van der Waals surface area contributed by atoms with Gasteiger partial charge in [-0.2, -0.15) is 0 Å². The molecule has 0 saturated carbocycles. The highest BCUT2D eigenvalue weighted by atomic mass is 14.7. The Kier molecular flexibility index (Phi) is 1.63. The monoisotopic (exact) mass is 119 g/mol. The Morgan fingerprint density at radius 3 is 2.44 bits per heavy atom. The van der Waals surface area contributed by atoms with Crippen molar-refractivity contribution in [3.63, 3.8) is 0 Å². The molecule has 0 N–H and O–H groups in total. The van der Waals surface area contributed by atoms with Crippen LogP contribution >= 0.6 is 0 Å². The summed E-state index contributed by atoms with van der Waals surface area (Å²) >= 11 is 0. The minimum absolute atomic E-state index is 0.970. The van der Waals surface area contributed by atoms with Crippen molar-refractivity contribution in [1.29, 1.82) is 0 Å². The summed E-state index contributed by atoms with van der Waals surface area (Å²) in [5.74, 6) is 0. The summed E-state index contributed by atoms with van der Waals surface area (Å²) < 4.78 is 0. The first kappa shape index (κ1) is 6.02. The molecule has 0 bridgehead atoms. The highest BCUT2D eigenvalue weighted by molar-refractivity contribution is 6.10. The van der Waals surface area contributed by atoms with Gasteiger partial charge in [0.05, 0.1) is 5.71 Å². The maximum atomic E-state index is 4.01. The standard InChI is InChI=1S/C8H9N/c1-7-5-3-4-6-8(7)9-2/h3-6H,1H2,2H3. The van der Waals surface area contributed by atoms with Crippen LogP contribution in [0.1, 0.15) is 0 Å². The predicted molar refractivity (Wildman–Crippen MR) is 40.8 cm³/mol. The van der Waals surface area contributed by atoms with Crippen molar-refractivity contribution in [2.24, 2.45) is 4.99 Å². The summed E-state index contributed by atoms with van der Waals surface area (Å²) in [5.41, 5.74) is 1.96. The van der Waals surface area contributed by atoms with Crippen LogP contribution in [0.15, 0.2) is 41.4 Å². The van der Waals surface area contributed by atoms with E-state index in [9.17, 15) is 0 Å². The number of aliphatic imine (C=N–C) groups is 1. The van der Waals surface area contributed by atoms with E-state index in [4.69, 9.17) is 0 Å². The summed E-state index contributed by atoms with van der Waals surface area (Å²) in [5, 5.41) is 0. The molecule has 1 aliphatic carbocycles. The first-order chi connectivity index (χ1) is 4.34. The Morgan fingerprint density at radius 1 is 1.33 bits per heavy atom. The summed E-state index contributed by atoms with van der Waals surface area (Å²) in [7, 11) is 1.77. The van der Waals surface area contributed by atoms with E-state index in [-0.39, 0.29) is 0 Å². The molecule has 46 valence electrons. The van der Waals surface area contributed by atoms with E-state index in [2.05, 4.69) is 11.6 Å². The highest BCUT2D eigenvalue weighted by Gasteiger charge is 1.96. The fourth-order valence-corrected chi connectivity index (χ4v) is 0.729. The molecule has 0 fully saturated rings. The molecule has 0 aromatic carbocycles. The van der Waals surface area contributed by atoms with Crippen LogP contribution in [0.4, 0.5) is 0 Å². The third-order valence-electron chi connectivity index (χ3n) is 1.23. The molecule has 0 aromatic heterocycles. The molecule has 0 amide bonds. The van der Waals surface area contributed by atoms with Crippen LogP contribution in [0.3, 0.4) is 0 Å². The molecule has 0 spiro atoms. The lowest BCUT2D eigenvalue weighted by Crippen LogP contribution is -1.96. The van der Waals surface area contributed by atoms with Crippen LogP contribution in [-0.4, -0.2) is 12.8 Å². The van der Waals surface area contributed by atoms with Crippen LogP contribution in [0.5, 0.6) is 0 Å². The van der Waals surface area contributed by atoms with Crippen LogP contribution < -0.4 is 0 Å². The first-order valence-corrected chi connectivity index (χ1v) is 2.85. The van der Waals surface area contributed by atoms with Crippen molar-refractivity contribution >= 4 is 5.71 Å². The maximum Gasteiger partial charge on any atom is 0.0637 e. The number of rotatable bonds is 0. The Morgan fingerprint density at radius 2 is 2.00 bits per heavy atom. The average Bonchev–Trinajstić information content (AvgIpc) is 1.89.